The minimum Gasteiger partial charge on any atom is -0.192 e. The van der Waals surface area contributed by atoms with E-state index in [1.54, 1.807) is 0 Å². The normalized spacial score (nSPS) is 28.3. The summed E-state index contributed by atoms with van der Waals surface area (Å²) in [5.74, 6) is 1.09. The smallest absolute Gasteiger partial charge is 0.0988 e. The Morgan fingerprint density at radius 3 is 2.45 bits per heavy atom. The molecule has 1 nitrogen and oxygen atoms in total. The van der Waals surface area contributed by atoms with Crippen LogP contribution in [0.2, 0.25) is 0 Å². The summed E-state index contributed by atoms with van der Waals surface area (Å²) < 4.78 is 0. The van der Waals surface area contributed by atoms with Crippen molar-refractivity contribution >= 4 is 0 Å². The standard InChI is InChI=1S/C9H11N.CH4/c1-7-3-4-9(6-10)5-8(7)2;/h3-5,7-8H,1-2H3;1H4. The Balaban J connectivity index is 0.000001000. The maximum absolute atomic E-state index is 8.53. The van der Waals surface area contributed by atoms with Gasteiger partial charge in [0.2, 0.25) is 0 Å². The lowest BCUT2D eigenvalue weighted by atomic mass is 9.89. The number of hydrogen-bond acceptors (Lipinski definition) is 1. The molecular formula is C10H15N. The molecule has 2 unspecified atom stereocenters. The van der Waals surface area contributed by atoms with E-state index in [-0.39, 0.29) is 7.43 Å². The second-order valence-electron chi connectivity index (χ2n) is 2.81. The van der Waals surface area contributed by atoms with E-state index in [4.69, 9.17) is 5.26 Å². The van der Waals surface area contributed by atoms with E-state index in [9.17, 15) is 0 Å². The predicted octanol–water partition coefficient (Wildman–Crippen LogP) is 2.91. The van der Waals surface area contributed by atoms with Crippen LogP contribution in [-0.4, -0.2) is 0 Å². The molecule has 0 spiro atoms. The van der Waals surface area contributed by atoms with E-state index < -0.39 is 0 Å². The summed E-state index contributed by atoms with van der Waals surface area (Å²) >= 11 is 0. The minimum atomic E-state index is 0. The van der Waals surface area contributed by atoms with Gasteiger partial charge < -0.3 is 0 Å². The molecule has 0 fully saturated rings. The van der Waals surface area contributed by atoms with Crippen LogP contribution < -0.4 is 0 Å². The van der Waals surface area contributed by atoms with Crippen LogP contribution in [0.4, 0.5) is 0 Å². The molecule has 60 valence electrons. The summed E-state index contributed by atoms with van der Waals surface area (Å²) in [5, 5.41) is 8.53. The van der Waals surface area contributed by atoms with Gasteiger partial charge in [-0.3, -0.25) is 0 Å². The van der Waals surface area contributed by atoms with E-state index in [1.165, 1.54) is 0 Å². The van der Waals surface area contributed by atoms with Gasteiger partial charge in [-0.05, 0) is 17.9 Å². The van der Waals surface area contributed by atoms with Gasteiger partial charge in [-0.1, -0.05) is 33.4 Å². The third-order valence-corrected chi connectivity index (χ3v) is 1.98. The van der Waals surface area contributed by atoms with E-state index in [0.717, 1.165) is 5.57 Å². The highest BCUT2D eigenvalue weighted by atomic mass is 14.3. The Labute approximate surface area is 69.0 Å². The molecule has 0 aromatic carbocycles. The molecule has 0 heterocycles. The van der Waals surface area contributed by atoms with Crippen LogP contribution in [0.25, 0.3) is 0 Å². The van der Waals surface area contributed by atoms with Crippen molar-refractivity contribution in [3.63, 3.8) is 0 Å². The van der Waals surface area contributed by atoms with Gasteiger partial charge in [0.25, 0.3) is 0 Å². The maximum Gasteiger partial charge on any atom is 0.0988 e. The first-order valence-electron chi connectivity index (χ1n) is 3.54. The van der Waals surface area contributed by atoms with Crippen LogP contribution in [0.1, 0.15) is 21.3 Å². The summed E-state index contributed by atoms with van der Waals surface area (Å²) in [5.41, 5.74) is 0.797. The van der Waals surface area contributed by atoms with Gasteiger partial charge in [0, 0.05) is 5.57 Å². The SMILES string of the molecule is C.CC1C=CC(C#N)=CC1C. The van der Waals surface area contributed by atoms with Crippen LogP contribution in [0.15, 0.2) is 23.8 Å². The Kier molecular flexibility index (Phi) is 3.60. The molecular weight excluding hydrogens is 134 g/mol. The first-order chi connectivity index (χ1) is 4.74. The molecule has 1 aliphatic carbocycles. The molecule has 0 bridgehead atoms. The average Bonchev–Trinajstić information content (AvgIpc) is 1.95. The summed E-state index contributed by atoms with van der Waals surface area (Å²) in [7, 11) is 0. The Hall–Kier alpha value is -1.03. The number of nitrogens with zero attached hydrogens (tertiary/aromatic N) is 1. The fraction of sp³-hybridized carbons (Fsp3) is 0.500. The van der Waals surface area contributed by atoms with Crippen LogP contribution in [-0.2, 0) is 0 Å². The summed E-state index contributed by atoms with van der Waals surface area (Å²) in [6.07, 6.45) is 6.00. The van der Waals surface area contributed by atoms with E-state index in [1.807, 2.05) is 12.2 Å². The molecule has 0 N–H and O–H groups in total. The number of hydrogen-bond donors (Lipinski definition) is 0. The van der Waals surface area contributed by atoms with Crippen molar-refractivity contribution in [3.8, 4) is 6.07 Å². The zero-order valence-corrected chi connectivity index (χ0v) is 6.33. The maximum atomic E-state index is 8.53. The highest BCUT2D eigenvalue weighted by molar-refractivity contribution is 5.36. The number of allylic oxidation sites excluding steroid dienone is 4. The Morgan fingerprint density at radius 1 is 1.36 bits per heavy atom. The third kappa shape index (κ3) is 2.23. The molecule has 0 saturated heterocycles. The van der Waals surface area contributed by atoms with Crippen LogP contribution in [0.3, 0.4) is 0 Å². The predicted molar refractivity (Wildman–Crippen MR) is 47.9 cm³/mol. The van der Waals surface area contributed by atoms with Crippen molar-refractivity contribution in [3.05, 3.63) is 23.8 Å². The zero-order valence-electron chi connectivity index (χ0n) is 6.33. The fourth-order valence-corrected chi connectivity index (χ4v) is 0.996. The second-order valence-corrected chi connectivity index (χ2v) is 2.81. The van der Waals surface area contributed by atoms with Gasteiger partial charge in [0.1, 0.15) is 0 Å². The first kappa shape index (κ1) is 9.97. The van der Waals surface area contributed by atoms with E-state index >= 15 is 0 Å². The molecule has 0 aromatic rings. The zero-order chi connectivity index (χ0) is 7.56. The third-order valence-electron chi connectivity index (χ3n) is 1.98. The van der Waals surface area contributed by atoms with Crippen LogP contribution in [0.5, 0.6) is 0 Å². The largest absolute Gasteiger partial charge is 0.192 e. The van der Waals surface area contributed by atoms with Crippen molar-refractivity contribution in [2.75, 3.05) is 0 Å². The van der Waals surface area contributed by atoms with Crippen molar-refractivity contribution in [1.82, 2.24) is 0 Å². The average molecular weight is 149 g/mol. The van der Waals surface area contributed by atoms with E-state index in [0.29, 0.717) is 11.8 Å². The molecule has 1 aliphatic rings. The highest BCUT2D eigenvalue weighted by Gasteiger charge is 2.10. The highest BCUT2D eigenvalue weighted by Crippen LogP contribution is 2.21. The molecule has 0 aromatic heterocycles. The molecule has 0 radical (unpaired) electrons. The number of rotatable bonds is 0. The fourth-order valence-electron chi connectivity index (χ4n) is 0.996. The van der Waals surface area contributed by atoms with Gasteiger partial charge in [-0.2, -0.15) is 5.26 Å². The van der Waals surface area contributed by atoms with Gasteiger partial charge in [-0.15, -0.1) is 0 Å². The van der Waals surface area contributed by atoms with Crippen molar-refractivity contribution in [1.29, 1.82) is 5.26 Å². The molecule has 0 aliphatic heterocycles. The molecule has 1 heteroatoms. The van der Waals surface area contributed by atoms with Crippen molar-refractivity contribution in [2.45, 2.75) is 21.3 Å². The Morgan fingerprint density at radius 2 is 2.00 bits per heavy atom. The second kappa shape index (κ2) is 3.98. The van der Waals surface area contributed by atoms with Crippen molar-refractivity contribution < 1.29 is 0 Å². The monoisotopic (exact) mass is 149 g/mol. The van der Waals surface area contributed by atoms with Crippen LogP contribution in [0, 0.1) is 23.2 Å². The quantitative estimate of drug-likeness (QED) is 0.519. The molecule has 0 amide bonds. The van der Waals surface area contributed by atoms with Crippen LogP contribution >= 0.6 is 0 Å². The van der Waals surface area contributed by atoms with Crippen molar-refractivity contribution in [2.24, 2.45) is 11.8 Å². The van der Waals surface area contributed by atoms with E-state index in [2.05, 4.69) is 26.0 Å². The topological polar surface area (TPSA) is 23.8 Å². The van der Waals surface area contributed by atoms with Gasteiger partial charge in [-0.25, -0.2) is 0 Å². The summed E-state index contributed by atoms with van der Waals surface area (Å²) in [4.78, 5) is 0. The lowest BCUT2D eigenvalue weighted by molar-refractivity contribution is 0.550. The van der Waals surface area contributed by atoms with Gasteiger partial charge >= 0.3 is 0 Å². The number of nitriles is 1. The van der Waals surface area contributed by atoms with Gasteiger partial charge in [0.15, 0.2) is 0 Å². The molecule has 1 rings (SSSR count). The lowest BCUT2D eigenvalue weighted by Gasteiger charge is -2.15. The molecule has 2 atom stereocenters. The summed E-state index contributed by atoms with van der Waals surface area (Å²) in [6, 6.07) is 2.13. The van der Waals surface area contributed by atoms with Gasteiger partial charge in [0.05, 0.1) is 6.07 Å². The molecule has 11 heavy (non-hydrogen) atoms. The first-order valence-corrected chi connectivity index (χ1v) is 3.54. The lowest BCUT2D eigenvalue weighted by Crippen LogP contribution is -2.05. The minimum absolute atomic E-state index is 0. The Bertz CT molecular complexity index is 218. The molecule has 0 saturated carbocycles. The summed E-state index contributed by atoms with van der Waals surface area (Å²) in [6.45, 7) is 4.29.